The zero-order chi connectivity index (χ0) is 54.7. The lowest BCUT2D eigenvalue weighted by Crippen LogP contribution is -2.25. The van der Waals surface area contributed by atoms with Crippen molar-refractivity contribution in [2.45, 2.75) is 85.5 Å². The Morgan fingerprint density at radius 2 is 0.880 bits per heavy atom. The normalized spacial score (nSPS) is 14.1. The van der Waals surface area contributed by atoms with Crippen molar-refractivity contribution in [1.29, 1.82) is 21.0 Å². The average Bonchev–Trinajstić information content (AvgIpc) is 3.98. The molecule has 4 aromatic rings. The third-order valence-corrected chi connectivity index (χ3v) is 12.6. The highest BCUT2D eigenvalue weighted by Crippen LogP contribution is 2.50. The van der Waals surface area contributed by atoms with E-state index in [0.29, 0.717) is 56.1 Å². The molecule has 0 aromatic heterocycles. The molecule has 0 bridgehead atoms. The van der Waals surface area contributed by atoms with Crippen LogP contribution in [0.5, 0.6) is 11.5 Å². The molecule has 4 aromatic carbocycles. The van der Waals surface area contributed by atoms with Crippen LogP contribution in [0.3, 0.4) is 0 Å². The molecular formula is C62H60N10O3. The van der Waals surface area contributed by atoms with Crippen molar-refractivity contribution < 1.29 is 14.3 Å². The van der Waals surface area contributed by atoms with Gasteiger partial charge in [0, 0.05) is 66.4 Å². The molecule has 0 fully saturated rings. The van der Waals surface area contributed by atoms with Gasteiger partial charge in [0.15, 0.2) is 6.29 Å². The second-order valence-corrected chi connectivity index (χ2v) is 17.2. The van der Waals surface area contributed by atoms with Gasteiger partial charge in [0.1, 0.15) is 11.5 Å². The van der Waals surface area contributed by atoms with Gasteiger partial charge in [-0.25, -0.2) is 40.4 Å². The average molecular weight is 993 g/mol. The van der Waals surface area contributed by atoms with E-state index in [4.69, 9.17) is 46.3 Å². The van der Waals surface area contributed by atoms with Gasteiger partial charge in [0.05, 0.1) is 70.3 Å². The monoisotopic (exact) mass is 992 g/mol. The van der Waals surface area contributed by atoms with Crippen molar-refractivity contribution in [2.75, 3.05) is 50.2 Å². The number of allylic oxidation sites excluding steroid dienone is 9. The van der Waals surface area contributed by atoms with Crippen LogP contribution in [0.15, 0.2) is 113 Å². The fraction of sp³-hybridized carbons (Fsp3) is 0.306. The van der Waals surface area contributed by atoms with Crippen LogP contribution in [0.4, 0.5) is 11.4 Å². The molecule has 0 atom stereocenters. The number of nitrogens with zero attached hydrogens (tertiary/aromatic N) is 10. The first-order valence-corrected chi connectivity index (χ1v) is 24.9. The third-order valence-electron chi connectivity index (χ3n) is 12.6. The Morgan fingerprint density at radius 3 is 1.20 bits per heavy atom. The molecule has 0 saturated heterocycles. The van der Waals surface area contributed by atoms with Crippen LogP contribution >= 0.6 is 0 Å². The third kappa shape index (κ3) is 14.3. The summed E-state index contributed by atoms with van der Waals surface area (Å²) in [5, 5.41) is 37.5. The SMILES string of the molecule is CCCCN(CCCC)c1ccc(C=O)c(OC)c1.[C-]#[N+]/C(C#N)=C1/C/C(=C(\C#N)[N+]#[C-])c2ccccc21.[C-]#[N+]/C(C#N)=C1\C(=Cc2ccc(N(CCCC)CCCC)cc2OC)/C(=C(/C#N)[N+]#[C-])c2ccccc21. The van der Waals surface area contributed by atoms with E-state index in [2.05, 4.69) is 62.9 Å². The summed E-state index contributed by atoms with van der Waals surface area (Å²) in [7, 11) is 3.22. The minimum atomic E-state index is -0.0862. The van der Waals surface area contributed by atoms with Gasteiger partial charge < -0.3 is 19.3 Å². The molecule has 0 unspecified atom stereocenters. The molecule has 376 valence electrons. The molecule has 2 aliphatic carbocycles. The van der Waals surface area contributed by atoms with E-state index < -0.39 is 0 Å². The number of rotatable bonds is 18. The van der Waals surface area contributed by atoms with Crippen molar-refractivity contribution in [1.82, 2.24) is 0 Å². The molecule has 0 N–H and O–H groups in total. The first-order chi connectivity index (χ1) is 36.6. The molecule has 0 heterocycles. The minimum absolute atomic E-state index is 0.0183. The number of nitriles is 4. The lowest BCUT2D eigenvalue weighted by molar-refractivity contribution is 0.112. The number of ether oxygens (including phenoxy) is 2. The maximum absolute atomic E-state index is 10.9. The van der Waals surface area contributed by atoms with Crippen LogP contribution < -0.4 is 19.3 Å². The fourth-order valence-corrected chi connectivity index (χ4v) is 8.68. The number of benzene rings is 4. The van der Waals surface area contributed by atoms with E-state index in [9.17, 15) is 15.3 Å². The standard InChI is InChI=1S/C31H29N5O.C16H25NO2.C15H6N4/c1-6-8-16-36(17-9-7-2)23-15-14-22(29(19-23)37-5)18-26-30(27(20-32)34-3)24-12-10-11-13-25(24)31(26)28(21-33)35-4;1-4-6-10-17(11-7-5-2)15-9-8-14(13-18)16(12-15)19-3;1-18-14(8-16)12-7-13(15(9-17)19-2)11-6-4-3-5-10(11)12/h10-15,18-19H,6-9,16-17H2,1-2,5H3;8-9,12-13H,4-7,10-11H2,1-3H3;3-6H,7H2/b30-27-,31-28-;;14-12-,15-13-. The van der Waals surface area contributed by atoms with Gasteiger partial charge in [-0.2, -0.15) is 0 Å². The number of anilines is 2. The van der Waals surface area contributed by atoms with Crippen molar-refractivity contribution >= 4 is 46.0 Å². The van der Waals surface area contributed by atoms with E-state index in [-0.39, 0.29) is 29.2 Å². The Bertz CT molecular complexity index is 3030. The van der Waals surface area contributed by atoms with E-state index in [0.717, 1.165) is 86.2 Å². The van der Waals surface area contributed by atoms with Gasteiger partial charge in [-0.05, 0) is 101 Å². The molecule has 13 heteroatoms. The van der Waals surface area contributed by atoms with Crippen LogP contribution in [0.1, 0.15) is 124 Å². The summed E-state index contributed by atoms with van der Waals surface area (Å²) >= 11 is 0. The van der Waals surface area contributed by atoms with Gasteiger partial charge in [-0.15, -0.1) is 0 Å². The second kappa shape index (κ2) is 30.3. The molecule has 0 saturated carbocycles. The quantitative estimate of drug-likeness (QED) is 0.0538. The van der Waals surface area contributed by atoms with Crippen LogP contribution in [0.25, 0.3) is 47.7 Å². The number of methoxy groups -OCH3 is 2. The summed E-state index contributed by atoms with van der Waals surface area (Å²) in [5.41, 5.74) is 8.82. The molecule has 0 spiro atoms. The van der Waals surface area contributed by atoms with E-state index in [1.807, 2.05) is 97.1 Å². The summed E-state index contributed by atoms with van der Waals surface area (Å²) in [6, 6.07) is 34.1. The number of carbonyl (C=O) groups is 1. The summed E-state index contributed by atoms with van der Waals surface area (Å²) in [6.45, 7) is 42.1. The number of hydrogen-bond donors (Lipinski definition) is 0. The van der Waals surface area contributed by atoms with Gasteiger partial charge in [0.2, 0.25) is 0 Å². The fourth-order valence-electron chi connectivity index (χ4n) is 8.68. The highest BCUT2D eigenvalue weighted by atomic mass is 16.5. The molecular weight excluding hydrogens is 933 g/mol. The number of aldehydes is 1. The lowest BCUT2D eigenvalue weighted by Gasteiger charge is -2.25. The van der Waals surface area contributed by atoms with Crippen LogP contribution in [0.2, 0.25) is 0 Å². The minimum Gasteiger partial charge on any atom is -0.496 e. The van der Waals surface area contributed by atoms with Crippen molar-refractivity contribution in [3.05, 3.63) is 192 Å². The van der Waals surface area contributed by atoms with E-state index in [1.165, 1.54) is 25.7 Å². The Hall–Kier alpha value is -9.63. The topological polar surface area (TPSA) is 155 Å². The first kappa shape index (κ1) is 57.9. The smallest absolute Gasteiger partial charge is 0.270 e. The van der Waals surface area contributed by atoms with Crippen LogP contribution in [0, 0.1) is 71.6 Å². The number of fused-ring (bicyclic) bond motifs is 2. The molecule has 6 rings (SSSR count). The molecule has 0 radical (unpaired) electrons. The zero-order valence-electron chi connectivity index (χ0n) is 43.6. The summed E-state index contributed by atoms with van der Waals surface area (Å²) in [5.74, 6) is 1.30. The van der Waals surface area contributed by atoms with Crippen LogP contribution in [-0.4, -0.2) is 46.7 Å². The summed E-state index contributed by atoms with van der Waals surface area (Å²) in [4.78, 5) is 29.0. The highest BCUT2D eigenvalue weighted by molar-refractivity contribution is 6.14. The van der Waals surface area contributed by atoms with Crippen LogP contribution in [-0.2, 0) is 0 Å². The van der Waals surface area contributed by atoms with E-state index in [1.54, 1.807) is 26.4 Å². The maximum Gasteiger partial charge on any atom is 0.270 e. The molecule has 2 aliphatic rings. The Balaban J connectivity index is 0.000000269. The maximum atomic E-state index is 10.9. The lowest BCUT2D eigenvalue weighted by atomic mass is 9.97. The summed E-state index contributed by atoms with van der Waals surface area (Å²) < 4.78 is 11.1. The van der Waals surface area contributed by atoms with E-state index >= 15 is 0 Å². The first-order valence-electron chi connectivity index (χ1n) is 24.9. The second-order valence-electron chi connectivity index (χ2n) is 17.2. The number of unbranched alkanes of at least 4 members (excludes halogenated alkanes) is 4. The van der Waals surface area contributed by atoms with Gasteiger partial charge in [0.25, 0.3) is 22.8 Å². The number of carbonyl (C=O) groups excluding carboxylic acids is 1. The highest BCUT2D eigenvalue weighted by Gasteiger charge is 2.32. The summed E-state index contributed by atoms with van der Waals surface area (Å²) in [6.07, 6.45) is 12.1. The Kier molecular flexibility index (Phi) is 23.4. The van der Waals surface area contributed by atoms with Gasteiger partial charge in [-0.3, -0.25) is 4.79 Å². The van der Waals surface area contributed by atoms with Crippen molar-refractivity contribution in [3.8, 4) is 35.8 Å². The molecule has 13 nitrogen and oxygen atoms in total. The molecule has 75 heavy (non-hydrogen) atoms. The zero-order valence-corrected chi connectivity index (χ0v) is 43.6. The van der Waals surface area contributed by atoms with Crippen molar-refractivity contribution in [2.24, 2.45) is 0 Å². The Morgan fingerprint density at radius 1 is 0.533 bits per heavy atom. The van der Waals surface area contributed by atoms with Crippen molar-refractivity contribution in [3.63, 3.8) is 0 Å². The molecule has 0 amide bonds. The van der Waals surface area contributed by atoms with Gasteiger partial charge in [-0.1, -0.05) is 102 Å². The number of hydrogen-bond acceptors (Lipinski definition) is 9. The largest absolute Gasteiger partial charge is 0.496 e. The molecule has 0 aliphatic heterocycles. The van der Waals surface area contributed by atoms with Gasteiger partial charge >= 0.3 is 0 Å². The Labute approximate surface area is 443 Å². The predicted octanol–water partition coefficient (Wildman–Crippen LogP) is 14.8. The predicted molar refractivity (Wildman–Crippen MR) is 297 cm³/mol.